The number of hydrogen-bond acceptors (Lipinski definition) is 3. The monoisotopic (exact) mass is 368 g/mol. The summed E-state index contributed by atoms with van der Waals surface area (Å²) in [6.07, 6.45) is 1.42. The SMILES string of the molecule is Cc1cccc(C(=O)Cn2cnc(C)c(I)c2=O)c1. The molecule has 0 aliphatic heterocycles. The van der Waals surface area contributed by atoms with Crippen molar-refractivity contribution >= 4 is 28.4 Å². The molecule has 0 saturated heterocycles. The van der Waals surface area contributed by atoms with Gasteiger partial charge >= 0.3 is 0 Å². The quantitative estimate of drug-likeness (QED) is 0.618. The first-order valence-electron chi connectivity index (χ1n) is 5.80. The molecule has 0 spiro atoms. The first kappa shape index (κ1) is 13.9. The molecule has 0 aliphatic rings. The molecule has 0 atom stereocenters. The van der Waals surface area contributed by atoms with Crippen LogP contribution in [0.4, 0.5) is 0 Å². The second-order valence-corrected chi connectivity index (χ2v) is 5.45. The zero-order valence-electron chi connectivity index (χ0n) is 10.7. The smallest absolute Gasteiger partial charge is 0.267 e. The third-order valence-electron chi connectivity index (χ3n) is 2.81. The van der Waals surface area contributed by atoms with E-state index in [-0.39, 0.29) is 17.9 Å². The van der Waals surface area contributed by atoms with E-state index >= 15 is 0 Å². The van der Waals surface area contributed by atoms with Crippen molar-refractivity contribution in [3.8, 4) is 0 Å². The number of carbonyl (C=O) groups excluding carboxylic acids is 1. The van der Waals surface area contributed by atoms with Crippen molar-refractivity contribution in [3.05, 3.63) is 61.3 Å². The molecule has 1 aromatic carbocycles. The van der Waals surface area contributed by atoms with Crippen molar-refractivity contribution in [3.63, 3.8) is 0 Å². The summed E-state index contributed by atoms with van der Waals surface area (Å²) in [5.74, 6) is -0.0905. The largest absolute Gasteiger partial charge is 0.292 e. The summed E-state index contributed by atoms with van der Waals surface area (Å²) in [6.45, 7) is 3.72. The van der Waals surface area contributed by atoms with Gasteiger partial charge in [-0.2, -0.15) is 0 Å². The lowest BCUT2D eigenvalue weighted by Gasteiger charge is -2.06. The lowest BCUT2D eigenvalue weighted by molar-refractivity contribution is 0.0970. The Balaban J connectivity index is 2.30. The lowest BCUT2D eigenvalue weighted by atomic mass is 10.1. The Morgan fingerprint density at radius 1 is 1.37 bits per heavy atom. The average Bonchev–Trinajstić information content (AvgIpc) is 2.39. The zero-order valence-corrected chi connectivity index (χ0v) is 12.8. The number of hydrogen-bond donors (Lipinski definition) is 0. The fraction of sp³-hybridized carbons (Fsp3) is 0.214. The Kier molecular flexibility index (Phi) is 4.14. The van der Waals surface area contributed by atoms with Gasteiger partial charge in [0.1, 0.15) is 0 Å². The van der Waals surface area contributed by atoms with Crippen molar-refractivity contribution in [2.45, 2.75) is 20.4 Å². The number of aromatic nitrogens is 2. The Labute approximate surface area is 124 Å². The minimum Gasteiger partial charge on any atom is -0.292 e. The van der Waals surface area contributed by atoms with E-state index in [4.69, 9.17) is 0 Å². The fourth-order valence-electron chi connectivity index (χ4n) is 1.72. The number of carbonyl (C=O) groups is 1. The molecule has 2 rings (SSSR count). The van der Waals surface area contributed by atoms with Gasteiger partial charge in [-0.1, -0.05) is 23.8 Å². The molecule has 2 aromatic rings. The van der Waals surface area contributed by atoms with Gasteiger partial charge in [0, 0.05) is 5.56 Å². The molecule has 1 aromatic heterocycles. The van der Waals surface area contributed by atoms with E-state index < -0.39 is 0 Å². The van der Waals surface area contributed by atoms with Gasteiger partial charge in [-0.25, -0.2) is 4.98 Å². The maximum Gasteiger partial charge on any atom is 0.267 e. The molecule has 5 heteroatoms. The number of ketones is 1. The Morgan fingerprint density at radius 2 is 2.11 bits per heavy atom. The molecule has 98 valence electrons. The second-order valence-electron chi connectivity index (χ2n) is 4.37. The predicted molar refractivity (Wildman–Crippen MR) is 81.5 cm³/mol. The van der Waals surface area contributed by atoms with Crippen molar-refractivity contribution in [1.29, 1.82) is 0 Å². The topological polar surface area (TPSA) is 52.0 Å². The minimum absolute atomic E-state index is 0.0194. The van der Waals surface area contributed by atoms with Gasteiger partial charge in [-0.3, -0.25) is 14.2 Å². The van der Waals surface area contributed by atoms with Crippen molar-refractivity contribution in [1.82, 2.24) is 9.55 Å². The highest BCUT2D eigenvalue weighted by Gasteiger charge is 2.10. The van der Waals surface area contributed by atoms with Gasteiger partial charge in [-0.05, 0) is 42.5 Å². The molecule has 0 saturated carbocycles. The second kappa shape index (κ2) is 5.64. The first-order chi connectivity index (χ1) is 8.99. The summed E-state index contributed by atoms with van der Waals surface area (Å²) >= 11 is 1.95. The van der Waals surface area contributed by atoms with Crippen LogP contribution in [0, 0.1) is 17.4 Å². The minimum atomic E-state index is -0.172. The summed E-state index contributed by atoms with van der Waals surface area (Å²) in [5.41, 5.74) is 2.15. The highest BCUT2D eigenvalue weighted by Crippen LogP contribution is 2.06. The number of halogens is 1. The highest BCUT2D eigenvalue weighted by atomic mass is 127. The molecule has 0 amide bonds. The number of nitrogens with zero attached hydrogens (tertiary/aromatic N) is 2. The molecular formula is C14H13IN2O2. The van der Waals surface area contributed by atoms with Gasteiger partial charge in [0.05, 0.1) is 22.1 Å². The van der Waals surface area contributed by atoms with Crippen LogP contribution in [0.3, 0.4) is 0 Å². The number of rotatable bonds is 3. The third kappa shape index (κ3) is 3.09. The Hall–Kier alpha value is -1.50. The van der Waals surface area contributed by atoms with Crippen molar-refractivity contribution in [2.75, 3.05) is 0 Å². The number of aryl methyl sites for hydroxylation is 2. The first-order valence-corrected chi connectivity index (χ1v) is 6.88. The molecule has 1 heterocycles. The van der Waals surface area contributed by atoms with E-state index in [9.17, 15) is 9.59 Å². The van der Waals surface area contributed by atoms with Gasteiger partial charge in [0.2, 0.25) is 0 Å². The van der Waals surface area contributed by atoms with Gasteiger partial charge in [0.25, 0.3) is 5.56 Å². The molecule has 0 radical (unpaired) electrons. The summed E-state index contributed by atoms with van der Waals surface area (Å²) in [7, 11) is 0. The van der Waals surface area contributed by atoms with Gasteiger partial charge in [-0.15, -0.1) is 0 Å². The van der Waals surface area contributed by atoms with Crippen molar-refractivity contribution < 1.29 is 4.79 Å². The van der Waals surface area contributed by atoms with Crippen LogP contribution in [0.15, 0.2) is 35.4 Å². The van der Waals surface area contributed by atoms with Crippen LogP contribution in [0.2, 0.25) is 0 Å². The van der Waals surface area contributed by atoms with E-state index in [2.05, 4.69) is 4.98 Å². The maximum atomic E-state index is 12.1. The van der Waals surface area contributed by atoms with E-state index in [0.29, 0.717) is 14.8 Å². The van der Waals surface area contributed by atoms with Crippen molar-refractivity contribution in [2.24, 2.45) is 0 Å². The van der Waals surface area contributed by atoms with E-state index in [0.717, 1.165) is 5.56 Å². The molecule has 0 unspecified atom stereocenters. The summed E-state index contributed by atoms with van der Waals surface area (Å²) < 4.78 is 1.90. The molecule has 0 N–H and O–H groups in total. The van der Waals surface area contributed by atoms with E-state index in [1.54, 1.807) is 13.0 Å². The molecular weight excluding hydrogens is 355 g/mol. The van der Waals surface area contributed by atoms with E-state index in [1.165, 1.54) is 10.9 Å². The molecule has 4 nitrogen and oxygen atoms in total. The fourth-order valence-corrected chi connectivity index (χ4v) is 2.17. The predicted octanol–water partition coefficient (Wildman–Crippen LogP) is 2.35. The maximum absolute atomic E-state index is 12.1. The van der Waals surface area contributed by atoms with Crippen LogP contribution in [0.1, 0.15) is 21.6 Å². The normalized spacial score (nSPS) is 10.5. The number of Topliss-reactive ketones (excluding diaryl/α,β-unsaturated/α-hetero) is 1. The third-order valence-corrected chi connectivity index (χ3v) is 4.05. The molecule has 19 heavy (non-hydrogen) atoms. The Morgan fingerprint density at radius 3 is 2.79 bits per heavy atom. The van der Waals surface area contributed by atoms with Crippen LogP contribution in [0.25, 0.3) is 0 Å². The van der Waals surface area contributed by atoms with Crippen LogP contribution in [-0.2, 0) is 6.54 Å². The summed E-state index contributed by atoms with van der Waals surface area (Å²) in [6, 6.07) is 7.34. The summed E-state index contributed by atoms with van der Waals surface area (Å²) in [5, 5.41) is 0. The lowest BCUT2D eigenvalue weighted by Crippen LogP contribution is -2.27. The van der Waals surface area contributed by atoms with Crippen LogP contribution in [-0.4, -0.2) is 15.3 Å². The highest BCUT2D eigenvalue weighted by molar-refractivity contribution is 14.1. The van der Waals surface area contributed by atoms with Crippen LogP contribution >= 0.6 is 22.6 Å². The number of benzene rings is 1. The van der Waals surface area contributed by atoms with Gasteiger partial charge < -0.3 is 0 Å². The standard InChI is InChI=1S/C14H13IN2O2/c1-9-4-3-5-11(6-9)12(18)7-17-8-16-10(2)13(15)14(17)19/h3-6,8H,7H2,1-2H3. The molecule has 0 bridgehead atoms. The van der Waals surface area contributed by atoms with Gasteiger partial charge in [0.15, 0.2) is 5.78 Å². The van der Waals surface area contributed by atoms with Crippen LogP contribution in [0.5, 0.6) is 0 Å². The average molecular weight is 368 g/mol. The van der Waals surface area contributed by atoms with Crippen LogP contribution < -0.4 is 5.56 Å². The van der Waals surface area contributed by atoms with E-state index in [1.807, 2.05) is 47.7 Å². The molecule has 0 aliphatic carbocycles. The Bertz CT molecular complexity index is 692. The summed E-state index contributed by atoms with van der Waals surface area (Å²) in [4.78, 5) is 28.2. The zero-order chi connectivity index (χ0) is 14.0. The molecule has 0 fully saturated rings.